The summed E-state index contributed by atoms with van der Waals surface area (Å²) in [6.45, 7) is 0.120. The molecule has 0 radical (unpaired) electrons. The van der Waals surface area contributed by atoms with Gasteiger partial charge in [-0.1, -0.05) is 0 Å². The number of hydrogen-bond acceptors (Lipinski definition) is 7. The fourth-order valence-corrected chi connectivity index (χ4v) is 1.86. The third-order valence-corrected chi connectivity index (χ3v) is 2.99. The fourth-order valence-electron chi connectivity index (χ4n) is 1.86. The number of rotatable bonds is 7. The van der Waals surface area contributed by atoms with Crippen LogP contribution in [0.25, 0.3) is 0 Å². The summed E-state index contributed by atoms with van der Waals surface area (Å²) in [6, 6.07) is 8.33. The van der Waals surface area contributed by atoms with Crippen molar-refractivity contribution in [1.82, 2.24) is 0 Å². The van der Waals surface area contributed by atoms with E-state index in [9.17, 15) is 4.79 Å². The average Bonchev–Trinajstić information content (AvgIpc) is 3.08. The van der Waals surface area contributed by atoms with Gasteiger partial charge in [0, 0.05) is 0 Å². The topological polar surface area (TPSA) is 135 Å². The van der Waals surface area contributed by atoms with Gasteiger partial charge in [0.15, 0.2) is 11.5 Å². The Morgan fingerprint density at radius 3 is 2.68 bits per heavy atom. The lowest BCUT2D eigenvalue weighted by Crippen LogP contribution is -2.21. The second kappa shape index (κ2) is 8.39. The summed E-state index contributed by atoms with van der Waals surface area (Å²) in [7, 11) is 2.80. The van der Waals surface area contributed by atoms with Crippen LogP contribution in [-0.4, -0.2) is 32.4 Å². The number of methoxy groups -OCH3 is 2. The summed E-state index contributed by atoms with van der Waals surface area (Å²) >= 11 is 0. The molecule has 0 saturated heterocycles. The molecule has 2 aromatic rings. The van der Waals surface area contributed by atoms with Crippen molar-refractivity contribution in [3.63, 3.8) is 0 Å². The van der Waals surface area contributed by atoms with Crippen LogP contribution in [0.5, 0.6) is 11.5 Å². The van der Waals surface area contributed by atoms with Crippen molar-refractivity contribution in [2.75, 3.05) is 14.2 Å². The molecule has 0 aliphatic rings. The van der Waals surface area contributed by atoms with E-state index in [0.717, 1.165) is 5.56 Å². The molecule has 9 heteroatoms. The summed E-state index contributed by atoms with van der Waals surface area (Å²) in [5.74, 6) is 0.896. The van der Waals surface area contributed by atoms with Crippen molar-refractivity contribution in [1.29, 1.82) is 0 Å². The zero-order valence-electron chi connectivity index (χ0n) is 13.8. The Morgan fingerprint density at radius 2 is 2.00 bits per heavy atom. The molecular weight excluding hydrogens is 328 g/mol. The largest absolute Gasteiger partial charge is 0.493 e. The number of nitrogens with two attached hydrogens (primary N) is 2. The zero-order chi connectivity index (χ0) is 18.2. The molecule has 132 valence electrons. The van der Waals surface area contributed by atoms with E-state index in [4.69, 9.17) is 25.4 Å². The molecule has 0 unspecified atom stereocenters. The fraction of sp³-hybridized carbons (Fsp3) is 0.188. The minimum absolute atomic E-state index is 0.111. The molecule has 0 fully saturated rings. The van der Waals surface area contributed by atoms with Gasteiger partial charge in [0.1, 0.15) is 12.4 Å². The summed E-state index contributed by atoms with van der Waals surface area (Å²) < 4.78 is 20.9. The van der Waals surface area contributed by atoms with Gasteiger partial charge >= 0.3 is 5.97 Å². The number of ether oxygens (including phenoxy) is 3. The second-order valence-electron chi connectivity index (χ2n) is 4.73. The van der Waals surface area contributed by atoms with Gasteiger partial charge in [-0.05, 0) is 35.9 Å². The minimum atomic E-state index is -0.548. The third kappa shape index (κ3) is 4.99. The van der Waals surface area contributed by atoms with Crippen LogP contribution in [0.15, 0.2) is 45.0 Å². The number of nitrogens with zero attached hydrogens (tertiary/aromatic N) is 2. The van der Waals surface area contributed by atoms with Crippen molar-refractivity contribution in [3.8, 4) is 11.5 Å². The number of carbonyl (C=O) groups is 1. The maximum absolute atomic E-state index is 11.4. The zero-order valence-corrected chi connectivity index (χ0v) is 13.8. The molecule has 4 N–H and O–H groups in total. The monoisotopic (exact) mass is 346 g/mol. The number of hydrogen-bond donors (Lipinski definition) is 2. The van der Waals surface area contributed by atoms with E-state index in [-0.39, 0.29) is 18.3 Å². The quantitative estimate of drug-likeness (QED) is 0.333. The molecule has 0 aliphatic heterocycles. The van der Waals surface area contributed by atoms with Gasteiger partial charge in [-0.25, -0.2) is 4.79 Å². The molecule has 1 aromatic heterocycles. The lowest BCUT2D eigenvalue weighted by atomic mass is 10.2. The lowest BCUT2D eigenvalue weighted by Gasteiger charge is -2.10. The molecule has 1 aromatic carbocycles. The van der Waals surface area contributed by atoms with Gasteiger partial charge in [-0.15, -0.1) is 5.10 Å². The molecule has 25 heavy (non-hydrogen) atoms. The van der Waals surface area contributed by atoms with Crippen molar-refractivity contribution in [3.05, 3.63) is 47.4 Å². The maximum atomic E-state index is 11.4. The van der Waals surface area contributed by atoms with Gasteiger partial charge in [-0.2, -0.15) is 5.10 Å². The van der Waals surface area contributed by atoms with Crippen molar-refractivity contribution < 1.29 is 23.4 Å². The highest BCUT2D eigenvalue weighted by Crippen LogP contribution is 2.28. The summed E-state index contributed by atoms with van der Waals surface area (Å²) in [5, 5.41) is 7.24. The van der Waals surface area contributed by atoms with Gasteiger partial charge in [0.25, 0.3) is 0 Å². The smallest absolute Gasteiger partial charge is 0.373 e. The van der Waals surface area contributed by atoms with Crippen LogP contribution in [0.3, 0.4) is 0 Å². The Labute approximate surface area is 143 Å². The lowest BCUT2D eigenvalue weighted by molar-refractivity contribution is 0.0561. The van der Waals surface area contributed by atoms with Crippen LogP contribution in [0.2, 0.25) is 0 Å². The molecule has 9 nitrogen and oxygen atoms in total. The Kier molecular flexibility index (Phi) is 5.99. The van der Waals surface area contributed by atoms with E-state index >= 15 is 0 Å². The van der Waals surface area contributed by atoms with E-state index in [0.29, 0.717) is 17.3 Å². The summed E-state index contributed by atoms with van der Waals surface area (Å²) in [4.78, 5) is 11.4. The predicted octanol–water partition coefficient (Wildman–Crippen LogP) is 1.26. The number of esters is 1. The Balaban J connectivity index is 2.06. The van der Waals surface area contributed by atoms with Crippen molar-refractivity contribution in [2.45, 2.75) is 6.61 Å². The number of guanidine groups is 1. The standard InChI is InChI=1S/C16H18N4O5/c1-22-14-7-10(8-19-20-16(17)18)3-5-12(14)24-9-11-4-6-13(25-11)15(21)23-2/h3-8H,9H2,1-2H3,(H4,17,18,20)/b19-8+. The normalized spacial score (nSPS) is 10.5. The first kappa shape index (κ1) is 17.9. The van der Waals surface area contributed by atoms with Crippen molar-refractivity contribution >= 4 is 18.1 Å². The average molecular weight is 346 g/mol. The van der Waals surface area contributed by atoms with Gasteiger partial charge in [-0.3, -0.25) is 0 Å². The van der Waals surface area contributed by atoms with Gasteiger partial charge in [0.2, 0.25) is 11.7 Å². The molecule has 1 heterocycles. The maximum Gasteiger partial charge on any atom is 0.373 e. The molecular formula is C16H18N4O5. The van der Waals surface area contributed by atoms with Crippen LogP contribution in [-0.2, 0) is 11.3 Å². The first-order chi connectivity index (χ1) is 12.0. The van der Waals surface area contributed by atoms with Crippen LogP contribution < -0.4 is 20.9 Å². The van der Waals surface area contributed by atoms with Crippen LogP contribution in [0.4, 0.5) is 0 Å². The Morgan fingerprint density at radius 1 is 1.20 bits per heavy atom. The molecule has 0 saturated carbocycles. The second-order valence-corrected chi connectivity index (χ2v) is 4.73. The molecule has 0 aliphatic carbocycles. The van der Waals surface area contributed by atoms with Crippen LogP contribution >= 0.6 is 0 Å². The minimum Gasteiger partial charge on any atom is -0.493 e. The first-order valence-electron chi connectivity index (χ1n) is 7.13. The van der Waals surface area contributed by atoms with Gasteiger partial charge < -0.3 is 30.1 Å². The van der Waals surface area contributed by atoms with E-state index in [1.54, 1.807) is 24.3 Å². The third-order valence-electron chi connectivity index (χ3n) is 2.99. The number of benzene rings is 1. The van der Waals surface area contributed by atoms with E-state index in [1.165, 1.54) is 26.5 Å². The van der Waals surface area contributed by atoms with Gasteiger partial charge in [0.05, 0.1) is 20.4 Å². The van der Waals surface area contributed by atoms with Crippen LogP contribution in [0, 0.1) is 0 Å². The highest BCUT2D eigenvalue weighted by Gasteiger charge is 2.12. The molecule has 0 spiro atoms. The number of carbonyl (C=O) groups excluding carboxylic acids is 1. The highest BCUT2D eigenvalue weighted by atomic mass is 16.5. The summed E-state index contributed by atoms with van der Waals surface area (Å²) in [5.41, 5.74) is 11.1. The van der Waals surface area contributed by atoms with Crippen LogP contribution in [0.1, 0.15) is 21.9 Å². The van der Waals surface area contributed by atoms with E-state index in [2.05, 4.69) is 14.9 Å². The highest BCUT2D eigenvalue weighted by molar-refractivity contribution is 5.86. The SMILES string of the molecule is COC(=O)c1ccc(COc2ccc(/C=N/N=C(N)N)cc2OC)o1. The molecule has 2 rings (SSSR count). The Bertz CT molecular complexity index is 794. The summed E-state index contributed by atoms with van der Waals surface area (Å²) in [6.07, 6.45) is 1.47. The predicted molar refractivity (Wildman–Crippen MR) is 90.8 cm³/mol. The molecule has 0 bridgehead atoms. The first-order valence-corrected chi connectivity index (χ1v) is 7.13. The van der Waals surface area contributed by atoms with Crippen molar-refractivity contribution in [2.24, 2.45) is 21.7 Å². The number of furan rings is 1. The molecule has 0 amide bonds. The van der Waals surface area contributed by atoms with E-state index < -0.39 is 5.97 Å². The molecule has 0 atom stereocenters. The Hall–Kier alpha value is -3.49. The van der Waals surface area contributed by atoms with E-state index in [1.807, 2.05) is 0 Å².